The van der Waals surface area contributed by atoms with Crippen molar-refractivity contribution in [3.63, 3.8) is 0 Å². The molecule has 0 heterocycles. The van der Waals surface area contributed by atoms with Crippen LogP contribution in [0.15, 0.2) is 0 Å². The van der Waals surface area contributed by atoms with Crippen LogP contribution in [0.5, 0.6) is 0 Å². The Bertz CT molecular complexity index is 375. The Morgan fingerprint density at radius 2 is 1.50 bits per heavy atom. The number of hydrogen-bond donors (Lipinski definition) is 2. The molecule has 158 valence electrons. The van der Waals surface area contributed by atoms with Gasteiger partial charge in [0.2, 0.25) is 0 Å². The molecule has 0 aromatic rings. The molecule has 0 rings (SSSR count). The van der Waals surface area contributed by atoms with Crippen molar-refractivity contribution in [3.05, 3.63) is 0 Å². The van der Waals surface area contributed by atoms with Crippen LogP contribution in [-0.4, -0.2) is 68.2 Å². The fourth-order valence-electron chi connectivity index (χ4n) is 2.21. The minimum atomic E-state index is -3.90. The summed E-state index contributed by atoms with van der Waals surface area (Å²) in [6.45, 7) is 4.78. The quantitative estimate of drug-likeness (QED) is 0.176. The molecule has 0 aromatic heterocycles. The first-order valence-electron chi connectivity index (χ1n) is 9.48. The van der Waals surface area contributed by atoms with Crippen molar-refractivity contribution in [2.24, 2.45) is 0 Å². The average molecular weight is 417 g/mol. The lowest BCUT2D eigenvalue weighted by Gasteiger charge is -2.18. The lowest BCUT2D eigenvalue weighted by Crippen LogP contribution is -2.27. The first-order chi connectivity index (χ1) is 12.5. The zero-order valence-corrected chi connectivity index (χ0v) is 17.6. The molecule has 0 aliphatic carbocycles. The first-order valence-corrected chi connectivity index (χ1v) is 12.0. The van der Waals surface area contributed by atoms with Gasteiger partial charge in [-0.05, 0) is 44.1 Å². The van der Waals surface area contributed by atoms with Gasteiger partial charge in [-0.2, -0.15) is 8.42 Å². The maximum Gasteiger partial charge on any atom is 0.264 e. The highest BCUT2D eigenvalue weighted by Crippen LogP contribution is 2.04. The largest absolute Gasteiger partial charge is 0.379 e. The van der Waals surface area contributed by atoms with Gasteiger partial charge in [-0.15, -0.1) is 0 Å². The summed E-state index contributed by atoms with van der Waals surface area (Å²) in [5.41, 5.74) is 0. The van der Waals surface area contributed by atoms with Gasteiger partial charge < -0.3 is 18.8 Å². The lowest BCUT2D eigenvalue weighted by molar-refractivity contribution is -0.0612. The minimum absolute atomic E-state index is 0.181. The topological polar surface area (TPSA) is 102 Å². The smallest absolute Gasteiger partial charge is 0.264 e. The average Bonchev–Trinajstić information content (AvgIpc) is 2.58. The van der Waals surface area contributed by atoms with Crippen LogP contribution in [0, 0.1) is 0 Å². The van der Waals surface area contributed by atoms with Crippen molar-refractivity contribution in [1.29, 1.82) is 0 Å². The van der Waals surface area contributed by atoms with E-state index in [0.717, 1.165) is 37.7 Å². The molecule has 26 heavy (non-hydrogen) atoms. The molecule has 0 bridgehead atoms. The monoisotopic (exact) mass is 416 g/mol. The summed E-state index contributed by atoms with van der Waals surface area (Å²) in [4.78, 5) is 0. The second kappa shape index (κ2) is 18.5. The second-order valence-electron chi connectivity index (χ2n) is 6.24. The Labute approximate surface area is 163 Å². The molecule has 0 aliphatic heterocycles. The van der Waals surface area contributed by atoms with E-state index in [0.29, 0.717) is 51.6 Å². The van der Waals surface area contributed by atoms with E-state index in [1.165, 1.54) is 12.8 Å². The van der Waals surface area contributed by atoms with Crippen molar-refractivity contribution in [2.45, 2.75) is 64.4 Å². The van der Waals surface area contributed by atoms with Gasteiger partial charge in [0.05, 0.1) is 19.0 Å². The van der Waals surface area contributed by atoms with Crippen LogP contribution >= 0.6 is 12.0 Å². The zero-order valence-electron chi connectivity index (χ0n) is 15.9. The summed E-state index contributed by atoms with van der Waals surface area (Å²) < 4.78 is 55.8. The van der Waals surface area contributed by atoms with Gasteiger partial charge >= 0.3 is 0 Å². The van der Waals surface area contributed by atoms with Gasteiger partial charge in [-0.25, -0.2) is 0 Å². The highest BCUT2D eigenvalue weighted by atomic mass is 32.2. The third-order valence-corrected chi connectivity index (χ3v) is 4.95. The van der Waals surface area contributed by atoms with E-state index in [1.807, 2.05) is 0 Å². The van der Waals surface area contributed by atoms with E-state index < -0.39 is 10.1 Å². The molecule has 0 amide bonds. The van der Waals surface area contributed by atoms with Crippen LogP contribution in [0.3, 0.4) is 0 Å². The maximum absolute atomic E-state index is 10.7. The van der Waals surface area contributed by atoms with Crippen molar-refractivity contribution in [3.8, 4) is 0 Å². The number of hydrogen-bond acceptors (Lipinski definition) is 7. The van der Waals surface area contributed by atoms with Gasteiger partial charge in [0.1, 0.15) is 6.10 Å². The number of unbranched alkanes of at least 4 members (excludes halogenated alkanes) is 5. The highest BCUT2D eigenvalue weighted by Gasteiger charge is 2.11. The summed E-state index contributed by atoms with van der Waals surface area (Å²) in [6, 6.07) is 0. The lowest BCUT2D eigenvalue weighted by atomic mass is 10.2. The zero-order chi connectivity index (χ0) is 19.5. The van der Waals surface area contributed by atoms with Crippen molar-refractivity contribution >= 4 is 22.2 Å². The SMILES string of the molecule is CCCCCCOCC(COCCCCSO)OCCCCS(=O)(=O)O. The molecule has 0 saturated heterocycles. The summed E-state index contributed by atoms with van der Waals surface area (Å²) in [5, 5.41) is 0. The fraction of sp³-hybridized carbons (Fsp3) is 1.00. The van der Waals surface area contributed by atoms with E-state index in [9.17, 15) is 8.42 Å². The van der Waals surface area contributed by atoms with E-state index in [-0.39, 0.29) is 11.9 Å². The Morgan fingerprint density at radius 1 is 0.885 bits per heavy atom. The third-order valence-electron chi connectivity index (χ3n) is 3.67. The summed E-state index contributed by atoms with van der Waals surface area (Å²) in [5.74, 6) is 0.465. The summed E-state index contributed by atoms with van der Waals surface area (Å²) in [6.07, 6.45) is 7.13. The molecule has 0 spiro atoms. The molecule has 9 heteroatoms. The van der Waals surface area contributed by atoms with E-state index in [1.54, 1.807) is 0 Å². The van der Waals surface area contributed by atoms with Crippen LogP contribution in [0.4, 0.5) is 0 Å². The standard InChI is InChI=1S/C17H36O7S2/c1-2-3-4-5-10-22-15-17(16-23-11-6-8-13-25-18)24-12-7-9-14-26(19,20)21/h17-18H,2-16H2,1H3,(H,19,20,21). The Morgan fingerprint density at radius 3 is 2.08 bits per heavy atom. The highest BCUT2D eigenvalue weighted by molar-refractivity contribution is 7.93. The van der Waals surface area contributed by atoms with Gasteiger partial charge in [0.25, 0.3) is 10.1 Å². The predicted molar refractivity (Wildman–Crippen MR) is 105 cm³/mol. The summed E-state index contributed by atoms with van der Waals surface area (Å²) in [7, 11) is -3.90. The Kier molecular flexibility index (Phi) is 18.5. The molecule has 0 aromatic carbocycles. The fourth-order valence-corrected chi connectivity index (χ4v) is 3.11. The first kappa shape index (κ1) is 26.1. The maximum atomic E-state index is 10.7. The Balaban J connectivity index is 3.90. The molecule has 7 nitrogen and oxygen atoms in total. The van der Waals surface area contributed by atoms with Gasteiger partial charge in [-0.1, -0.05) is 26.2 Å². The van der Waals surface area contributed by atoms with Crippen LogP contribution in [0.2, 0.25) is 0 Å². The third kappa shape index (κ3) is 20.4. The molecular weight excluding hydrogens is 380 g/mol. The molecule has 0 radical (unpaired) electrons. The van der Waals surface area contributed by atoms with E-state index >= 15 is 0 Å². The van der Waals surface area contributed by atoms with Crippen LogP contribution in [-0.2, 0) is 24.3 Å². The predicted octanol–water partition coefficient (Wildman–Crippen LogP) is 3.64. The molecule has 1 unspecified atom stereocenters. The molecule has 1 atom stereocenters. The van der Waals surface area contributed by atoms with Crippen molar-refractivity contribution in [2.75, 3.05) is 44.5 Å². The molecule has 2 N–H and O–H groups in total. The second-order valence-corrected chi connectivity index (χ2v) is 8.48. The van der Waals surface area contributed by atoms with Crippen LogP contribution < -0.4 is 0 Å². The number of ether oxygens (including phenoxy) is 3. The Hall–Kier alpha value is 0.1000. The van der Waals surface area contributed by atoms with Gasteiger partial charge in [-0.3, -0.25) is 4.55 Å². The van der Waals surface area contributed by atoms with Gasteiger partial charge in [0, 0.05) is 25.6 Å². The summed E-state index contributed by atoms with van der Waals surface area (Å²) >= 11 is 0.842. The molecule has 0 saturated carbocycles. The normalized spacial score (nSPS) is 13.2. The van der Waals surface area contributed by atoms with Crippen LogP contribution in [0.25, 0.3) is 0 Å². The van der Waals surface area contributed by atoms with Gasteiger partial charge in [0.15, 0.2) is 0 Å². The van der Waals surface area contributed by atoms with E-state index in [4.69, 9.17) is 23.3 Å². The van der Waals surface area contributed by atoms with Crippen molar-refractivity contribution in [1.82, 2.24) is 0 Å². The molecular formula is C17H36O7S2. The number of rotatable bonds is 20. The minimum Gasteiger partial charge on any atom is -0.379 e. The molecule has 0 aliphatic rings. The van der Waals surface area contributed by atoms with E-state index in [2.05, 4.69) is 6.92 Å². The molecule has 0 fully saturated rings. The van der Waals surface area contributed by atoms with Crippen molar-refractivity contribution < 1.29 is 31.7 Å². The van der Waals surface area contributed by atoms with Crippen LogP contribution in [0.1, 0.15) is 58.3 Å².